The minimum atomic E-state index is -1.38. The molecule has 2 aromatic rings. The van der Waals surface area contributed by atoms with E-state index in [0.29, 0.717) is 5.56 Å². The lowest BCUT2D eigenvalue weighted by Gasteiger charge is -2.21. The van der Waals surface area contributed by atoms with E-state index in [9.17, 15) is 24.3 Å². The normalized spacial score (nSPS) is 12.3. The third-order valence-electron chi connectivity index (χ3n) is 4.42. The Labute approximate surface area is 179 Å². The van der Waals surface area contributed by atoms with Crippen LogP contribution in [0.5, 0.6) is 5.75 Å². The lowest BCUT2D eigenvalue weighted by atomic mass is 10.0. The van der Waals surface area contributed by atoms with Crippen molar-refractivity contribution in [2.75, 3.05) is 7.11 Å². The van der Waals surface area contributed by atoms with Crippen LogP contribution in [-0.4, -0.2) is 53.2 Å². The van der Waals surface area contributed by atoms with Gasteiger partial charge in [-0.25, -0.2) is 4.79 Å². The fourth-order valence-electron chi connectivity index (χ4n) is 2.89. The van der Waals surface area contributed by atoms with Crippen molar-refractivity contribution in [3.05, 3.63) is 65.7 Å². The van der Waals surface area contributed by atoms with E-state index in [1.54, 1.807) is 24.3 Å². The van der Waals surface area contributed by atoms with Crippen molar-refractivity contribution < 1.29 is 34.1 Å². The van der Waals surface area contributed by atoms with Crippen LogP contribution in [0.2, 0.25) is 0 Å². The third-order valence-corrected chi connectivity index (χ3v) is 4.42. The van der Waals surface area contributed by atoms with Gasteiger partial charge in [0.15, 0.2) is 0 Å². The van der Waals surface area contributed by atoms with Crippen molar-refractivity contribution in [3.8, 4) is 5.75 Å². The number of hydrogen-bond acceptors (Lipinski definition) is 6. The Morgan fingerprint density at radius 2 is 1.55 bits per heavy atom. The van der Waals surface area contributed by atoms with Crippen LogP contribution in [0.4, 0.5) is 0 Å². The number of methoxy groups -OCH3 is 1. The quantitative estimate of drug-likeness (QED) is 0.410. The molecule has 0 saturated carbocycles. The number of carbonyl (C=O) groups is 4. The standard InChI is InChI=1S/C22H24N2O7/c1-31-22(30)18(11-14-5-3-2-4-6-14)24-21(29)17(13-20(27)28)23-19(26)12-15-7-9-16(25)10-8-15/h2-10,17-18,25H,11-13H2,1H3,(H,23,26)(H,24,29)(H,27,28)/t17-,18-/m0/s1. The van der Waals surface area contributed by atoms with Gasteiger partial charge in [0, 0.05) is 6.42 Å². The maximum atomic E-state index is 12.7. The predicted octanol–water partition coefficient (Wildman–Crippen LogP) is 0.795. The van der Waals surface area contributed by atoms with E-state index in [1.807, 2.05) is 6.07 Å². The lowest BCUT2D eigenvalue weighted by molar-refractivity contribution is -0.145. The van der Waals surface area contributed by atoms with Crippen molar-refractivity contribution in [1.82, 2.24) is 10.6 Å². The summed E-state index contributed by atoms with van der Waals surface area (Å²) in [5.41, 5.74) is 1.34. The molecule has 31 heavy (non-hydrogen) atoms. The number of nitrogens with one attached hydrogen (secondary N) is 2. The molecule has 0 aliphatic carbocycles. The van der Waals surface area contributed by atoms with Crippen LogP contribution in [-0.2, 0) is 36.8 Å². The molecule has 0 aliphatic rings. The number of benzene rings is 2. The number of rotatable bonds is 10. The van der Waals surface area contributed by atoms with Crippen molar-refractivity contribution in [2.24, 2.45) is 0 Å². The molecule has 0 aromatic heterocycles. The van der Waals surface area contributed by atoms with E-state index in [4.69, 9.17) is 9.84 Å². The van der Waals surface area contributed by atoms with Crippen molar-refractivity contribution in [2.45, 2.75) is 31.3 Å². The van der Waals surface area contributed by atoms with Gasteiger partial charge in [-0.2, -0.15) is 0 Å². The summed E-state index contributed by atoms with van der Waals surface area (Å²) in [7, 11) is 1.18. The zero-order valence-electron chi connectivity index (χ0n) is 16.9. The molecule has 2 amide bonds. The second-order valence-corrected chi connectivity index (χ2v) is 6.84. The van der Waals surface area contributed by atoms with E-state index in [-0.39, 0.29) is 18.6 Å². The van der Waals surface area contributed by atoms with Crippen LogP contribution in [0.25, 0.3) is 0 Å². The largest absolute Gasteiger partial charge is 0.508 e. The second-order valence-electron chi connectivity index (χ2n) is 6.84. The molecule has 0 radical (unpaired) electrons. The van der Waals surface area contributed by atoms with Gasteiger partial charge in [0.2, 0.25) is 11.8 Å². The first-order chi connectivity index (χ1) is 14.8. The molecule has 9 heteroatoms. The average Bonchev–Trinajstić information content (AvgIpc) is 2.74. The van der Waals surface area contributed by atoms with E-state index >= 15 is 0 Å². The fourth-order valence-corrected chi connectivity index (χ4v) is 2.89. The topological polar surface area (TPSA) is 142 Å². The lowest BCUT2D eigenvalue weighted by Crippen LogP contribution is -2.53. The van der Waals surface area contributed by atoms with Gasteiger partial charge in [0.25, 0.3) is 0 Å². The SMILES string of the molecule is COC(=O)[C@H](Cc1ccccc1)NC(=O)[C@H](CC(=O)O)NC(=O)Cc1ccc(O)cc1. The molecule has 9 nitrogen and oxygen atoms in total. The summed E-state index contributed by atoms with van der Waals surface area (Å²) >= 11 is 0. The number of carboxylic acids is 1. The van der Waals surface area contributed by atoms with E-state index < -0.39 is 42.3 Å². The fraction of sp³-hybridized carbons (Fsp3) is 0.273. The highest BCUT2D eigenvalue weighted by Gasteiger charge is 2.29. The number of amides is 2. The Bertz CT molecular complexity index is 913. The summed E-state index contributed by atoms with van der Waals surface area (Å²) in [5.74, 6) is -3.33. The van der Waals surface area contributed by atoms with Crippen LogP contribution < -0.4 is 10.6 Å². The summed E-state index contributed by atoms with van der Waals surface area (Å²) in [6.07, 6.45) is -0.638. The molecule has 0 aliphatic heterocycles. The molecule has 2 rings (SSSR count). The summed E-state index contributed by atoms with van der Waals surface area (Å²) in [5, 5.41) is 23.3. The first-order valence-corrected chi connectivity index (χ1v) is 9.49. The smallest absolute Gasteiger partial charge is 0.328 e. The van der Waals surface area contributed by atoms with Crippen LogP contribution >= 0.6 is 0 Å². The highest BCUT2D eigenvalue weighted by molar-refractivity contribution is 5.93. The number of ether oxygens (including phenoxy) is 1. The Balaban J connectivity index is 2.08. The number of carboxylic acid groups (broad SMARTS) is 1. The molecular formula is C22H24N2O7. The maximum Gasteiger partial charge on any atom is 0.328 e. The number of phenols is 1. The number of esters is 1. The number of phenolic OH excluding ortho intramolecular Hbond substituents is 1. The van der Waals surface area contributed by atoms with Crippen molar-refractivity contribution in [3.63, 3.8) is 0 Å². The summed E-state index contributed by atoms with van der Waals surface area (Å²) < 4.78 is 4.74. The Kier molecular flexibility index (Phi) is 8.56. The van der Waals surface area contributed by atoms with E-state index in [2.05, 4.69) is 10.6 Å². The number of hydrogen-bond donors (Lipinski definition) is 4. The molecule has 0 fully saturated rings. The minimum Gasteiger partial charge on any atom is -0.508 e. The van der Waals surface area contributed by atoms with Crippen LogP contribution in [0.15, 0.2) is 54.6 Å². The summed E-state index contributed by atoms with van der Waals surface area (Å²) in [6, 6.07) is 12.4. The van der Waals surface area contributed by atoms with E-state index in [0.717, 1.165) is 5.56 Å². The van der Waals surface area contributed by atoms with Crippen LogP contribution in [0.3, 0.4) is 0 Å². The van der Waals surface area contributed by atoms with Gasteiger partial charge in [-0.15, -0.1) is 0 Å². The first-order valence-electron chi connectivity index (χ1n) is 9.49. The van der Waals surface area contributed by atoms with Gasteiger partial charge in [-0.05, 0) is 23.3 Å². The van der Waals surface area contributed by atoms with Gasteiger partial charge in [0.05, 0.1) is 20.0 Å². The minimum absolute atomic E-state index is 0.0413. The van der Waals surface area contributed by atoms with Gasteiger partial charge in [0.1, 0.15) is 17.8 Å². The molecule has 164 valence electrons. The highest BCUT2D eigenvalue weighted by Crippen LogP contribution is 2.10. The number of aliphatic carboxylic acids is 1. The Morgan fingerprint density at radius 1 is 0.903 bits per heavy atom. The number of carbonyl (C=O) groups excluding carboxylic acids is 3. The predicted molar refractivity (Wildman–Crippen MR) is 110 cm³/mol. The molecule has 0 bridgehead atoms. The molecule has 2 atom stereocenters. The molecule has 0 heterocycles. The Hall–Kier alpha value is -3.88. The van der Waals surface area contributed by atoms with Gasteiger partial charge in [-0.3, -0.25) is 14.4 Å². The second kappa shape index (κ2) is 11.3. The zero-order chi connectivity index (χ0) is 22.8. The van der Waals surface area contributed by atoms with Crippen molar-refractivity contribution >= 4 is 23.8 Å². The number of aromatic hydroxyl groups is 1. The molecule has 0 spiro atoms. The average molecular weight is 428 g/mol. The molecule has 2 aromatic carbocycles. The summed E-state index contributed by atoms with van der Waals surface area (Å²) in [6.45, 7) is 0. The van der Waals surface area contributed by atoms with Crippen molar-refractivity contribution in [1.29, 1.82) is 0 Å². The molecular weight excluding hydrogens is 404 g/mol. The molecule has 0 unspecified atom stereocenters. The van der Waals surface area contributed by atoms with Crippen LogP contribution in [0.1, 0.15) is 17.5 Å². The Morgan fingerprint density at radius 3 is 2.13 bits per heavy atom. The summed E-state index contributed by atoms with van der Waals surface area (Å²) in [4.78, 5) is 48.4. The van der Waals surface area contributed by atoms with E-state index in [1.165, 1.54) is 31.4 Å². The highest BCUT2D eigenvalue weighted by atomic mass is 16.5. The zero-order valence-corrected chi connectivity index (χ0v) is 16.9. The molecule has 0 saturated heterocycles. The van der Waals surface area contributed by atoms with Gasteiger partial charge < -0.3 is 25.6 Å². The van der Waals surface area contributed by atoms with Crippen LogP contribution in [0, 0.1) is 0 Å². The van der Waals surface area contributed by atoms with Gasteiger partial charge >= 0.3 is 11.9 Å². The maximum absolute atomic E-state index is 12.7. The first kappa shape index (κ1) is 23.4. The van der Waals surface area contributed by atoms with Gasteiger partial charge in [-0.1, -0.05) is 42.5 Å². The third kappa shape index (κ3) is 7.81. The molecule has 4 N–H and O–H groups in total. The monoisotopic (exact) mass is 428 g/mol.